The summed E-state index contributed by atoms with van der Waals surface area (Å²) in [5, 5.41) is 5.26. The summed E-state index contributed by atoms with van der Waals surface area (Å²) in [6.45, 7) is -0.652. The number of hydrogen-bond acceptors (Lipinski definition) is 6. The van der Waals surface area contributed by atoms with E-state index in [4.69, 9.17) is 4.74 Å². The average molecular weight is 450 g/mol. The van der Waals surface area contributed by atoms with Gasteiger partial charge in [-0.25, -0.2) is 18.0 Å². The van der Waals surface area contributed by atoms with Crippen molar-refractivity contribution in [3.8, 4) is 0 Å². The Kier molecular flexibility index (Phi) is 5.67. The molecule has 0 aromatic heterocycles. The molecule has 4 fully saturated rings. The van der Waals surface area contributed by atoms with Crippen LogP contribution < -0.4 is 15.4 Å². The third kappa shape index (κ3) is 5.17. The van der Waals surface area contributed by atoms with E-state index in [0.29, 0.717) is 17.8 Å². The lowest BCUT2D eigenvalue weighted by molar-refractivity contribution is -0.123. The number of sulfonamides is 1. The fourth-order valence-electron chi connectivity index (χ4n) is 5.86. The van der Waals surface area contributed by atoms with Crippen LogP contribution in [-0.2, 0) is 19.6 Å². The van der Waals surface area contributed by atoms with Crippen LogP contribution in [0.2, 0.25) is 0 Å². The van der Waals surface area contributed by atoms with E-state index < -0.39 is 34.5 Å². The molecule has 1 aromatic rings. The highest BCUT2D eigenvalue weighted by molar-refractivity contribution is 7.92. The van der Waals surface area contributed by atoms with Crippen LogP contribution in [0.1, 0.15) is 48.9 Å². The zero-order valence-electron chi connectivity index (χ0n) is 17.3. The molecule has 4 bridgehead atoms. The van der Waals surface area contributed by atoms with E-state index >= 15 is 0 Å². The van der Waals surface area contributed by atoms with Crippen molar-refractivity contribution in [2.24, 2.45) is 17.8 Å². The summed E-state index contributed by atoms with van der Waals surface area (Å²) in [6, 6.07) is 5.33. The number of urea groups is 1. The number of carbonyl (C=O) groups is 3. The number of imide groups is 1. The summed E-state index contributed by atoms with van der Waals surface area (Å²) < 4.78 is 30.1. The van der Waals surface area contributed by atoms with E-state index in [9.17, 15) is 22.8 Å². The van der Waals surface area contributed by atoms with Crippen LogP contribution in [0.4, 0.5) is 10.5 Å². The summed E-state index contributed by atoms with van der Waals surface area (Å²) in [7, 11) is -3.59. The first-order chi connectivity index (χ1) is 14.6. The molecule has 0 heterocycles. The number of para-hydroxylation sites is 1. The van der Waals surface area contributed by atoms with Gasteiger partial charge in [-0.3, -0.25) is 14.8 Å². The average Bonchev–Trinajstić information content (AvgIpc) is 2.63. The number of ether oxygens (including phenoxy) is 1. The van der Waals surface area contributed by atoms with E-state index in [2.05, 4.69) is 15.4 Å². The molecule has 3 amide bonds. The highest BCUT2D eigenvalue weighted by Crippen LogP contribution is 2.55. The molecular formula is C21H27N3O6S. The maximum absolute atomic E-state index is 12.4. The number of rotatable bonds is 6. The van der Waals surface area contributed by atoms with Crippen molar-refractivity contribution >= 4 is 33.6 Å². The second-order valence-corrected chi connectivity index (χ2v) is 10.9. The predicted octanol–water partition coefficient (Wildman–Crippen LogP) is 2.01. The van der Waals surface area contributed by atoms with E-state index in [1.807, 2.05) is 0 Å². The monoisotopic (exact) mass is 449 g/mol. The zero-order valence-corrected chi connectivity index (χ0v) is 18.2. The van der Waals surface area contributed by atoms with E-state index in [1.54, 1.807) is 12.1 Å². The Morgan fingerprint density at radius 1 is 1.03 bits per heavy atom. The highest BCUT2D eigenvalue weighted by Gasteiger charge is 2.51. The molecule has 0 saturated heterocycles. The van der Waals surface area contributed by atoms with Crippen LogP contribution in [0.15, 0.2) is 24.3 Å². The van der Waals surface area contributed by atoms with Gasteiger partial charge in [-0.05, 0) is 68.4 Å². The molecule has 0 aliphatic heterocycles. The Morgan fingerprint density at radius 3 is 2.19 bits per heavy atom. The summed E-state index contributed by atoms with van der Waals surface area (Å²) >= 11 is 0. The molecule has 0 spiro atoms. The fourth-order valence-corrected chi connectivity index (χ4v) is 6.43. The smallest absolute Gasteiger partial charge is 0.340 e. The Morgan fingerprint density at radius 2 is 1.61 bits per heavy atom. The second kappa shape index (κ2) is 8.14. The van der Waals surface area contributed by atoms with Crippen LogP contribution in [0.5, 0.6) is 0 Å². The molecule has 0 radical (unpaired) electrons. The van der Waals surface area contributed by atoms with Gasteiger partial charge in [0.2, 0.25) is 10.0 Å². The number of amides is 3. The number of esters is 1. The van der Waals surface area contributed by atoms with Crippen molar-refractivity contribution in [1.29, 1.82) is 0 Å². The Balaban J connectivity index is 1.29. The molecule has 10 heteroatoms. The third-order valence-electron chi connectivity index (χ3n) is 6.45. The number of hydrogen-bond donors (Lipinski definition) is 3. The molecule has 4 saturated carbocycles. The minimum absolute atomic E-state index is 0.0289. The molecule has 31 heavy (non-hydrogen) atoms. The Bertz CT molecular complexity index is 971. The van der Waals surface area contributed by atoms with Crippen LogP contribution in [-0.4, -0.2) is 44.7 Å². The topological polar surface area (TPSA) is 131 Å². The zero-order chi connectivity index (χ0) is 22.2. The highest BCUT2D eigenvalue weighted by atomic mass is 32.2. The number of benzene rings is 1. The van der Waals surface area contributed by atoms with Crippen LogP contribution in [0, 0.1) is 17.8 Å². The third-order valence-corrected chi connectivity index (χ3v) is 7.04. The van der Waals surface area contributed by atoms with Gasteiger partial charge >= 0.3 is 12.0 Å². The number of carbonyl (C=O) groups excluding carboxylic acids is 3. The minimum atomic E-state index is -3.59. The molecule has 9 nitrogen and oxygen atoms in total. The van der Waals surface area contributed by atoms with Crippen molar-refractivity contribution in [3.05, 3.63) is 29.8 Å². The molecular weight excluding hydrogens is 422 g/mol. The number of nitrogens with one attached hydrogen (secondary N) is 3. The molecule has 1 aromatic carbocycles. The molecule has 4 aliphatic carbocycles. The molecule has 0 unspecified atom stereocenters. The van der Waals surface area contributed by atoms with Gasteiger partial charge in [-0.2, -0.15) is 0 Å². The standard InChI is InChI=1S/C21H27N3O6S/c1-31(28,29)24-17-5-3-2-4-16(17)19(26)30-12-18(25)22-20(27)23-21-9-13-6-14(10-21)8-15(7-13)11-21/h2-5,13-15,24H,6-12H2,1H3,(H2,22,23,25,27). The van der Waals surface area contributed by atoms with Gasteiger partial charge < -0.3 is 10.1 Å². The van der Waals surface area contributed by atoms with Gasteiger partial charge in [-0.1, -0.05) is 12.1 Å². The molecule has 0 atom stereocenters. The van der Waals surface area contributed by atoms with Crippen molar-refractivity contribution in [3.63, 3.8) is 0 Å². The SMILES string of the molecule is CS(=O)(=O)Nc1ccccc1C(=O)OCC(=O)NC(=O)NC12CC3CC(CC(C3)C1)C2. The van der Waals surface area contributed by atoms with Crippen molar-refractivity contribution in [1.82, 2.24) is 10.6 Å². The normalized spacial score (nSPS) is 28.6. The summed E-state index contributed by atoms with van der Waals surface area (Å²) in [4.78, 5) is 36.8. The van der Waals surface area contributed by atoms with Crippen LogP contribution in [0.25, 0.3) is 0 Å². The maximum Gasteiger partial charge on any atom is 0.340 e. The first-order valence-corrected chi connectivity index (χ1v) is 12.4. The molecule has 4 aliphatic rings. The van der Waals surface area contributed by atoms with E-state index in [-0.39, 0.29) is 16.8 Å². The largest absolute Gasteiger partial charge is 0.452 e. The Hall–Kier alpha value is -2.62. The van der Waals surface area contributed by atoms with Gasteiger partial charge in [0.25, 0.3) is 5.91 Å². The molecule has 5 rings (SSSR count). The van der Waals surface area contributed by atoms with E-state index in [1.165, 1.54) is 31.4 Å². The lowest BCUT2D eigenvalue weighted by Gasteiger charge is -2.56. The van der Waals surface area contributed by atoms with Gasteiger partial charge in [-0.15, -0.1) is 0 Å². The first-order valence-electron chi connectivity index (χ1n) is 10.5. The quantitative estimate of drug-likeness (QED) is 0.570. The maximum atomic E-state index is 12.4. The first kappa shape index (κ1) is 21.6. The van der Waals surface area contributed by atoms with Gasteiger partial charge in [0, 0.05) is 5.54 Å². The van der Waals surface area contributed by atoms with Crippen molar-refractivity contribution in [2.75, 3.05) is 17.6 Å². The summed E-state index contributed by atoms with van der Waals surface area (Å²) in [6.07, 6.45) is 7.57. The van der Waals surface area contributed by atoms with Gasteiger partial charge in [0.1, 0.15) is 0 Å². The molecule has 3 N–H and O–H groups in total. The Labute approximate surface area is 181 Å². The number of anilines is 1. The lowest BCUT2D eigenvalue weighted by atomic mass is 9.53. The minimum Gasteiger partial charge on any atom is -0.452 e. The van der Waals surface area contributed by atoms with Crippen molar-refractivity contribution < 1.29 is 27.5 Å². The van der Waals surface area contributed by atoms with Crippen LogP contribution >= 0.6 is 0 Å². The second-order valence-electron chi connectivity index (χ2n) is 9.20. The molecule has 168 valence electrons. The van der Waals surface area contributed by atoms with Crippen molar-refractivity contribution in [2.45, 2.75) is 44.1 Å². The van der Waals surface area contributed by atoms with Gasteiger partial charge in [0.05, 0.1) is 17.5 Å². The van der Waals surface area contributed by atoms with E-state index in [0.717, 1.165) is 25.5 Å². The van der Waals surface area contributed by atoms with Crippen LogP contribution in [0.3, 0.4) is 0 Å². The summed E-state index contributed by atoms with van der Waals surface area (Å²) in [5.41, 5.74) is -0.208. The fraction of sp³-hybridized carbons (Fsp3) is 0.571. The van der Waals surface area contributed by atoms with Gasteiger partial charge in [0.15, 0.2) is 6.61 Å². The lowest BCUT2D eigenvalue weighted by Crippen LogP contribution is -2.62. The predicted molar refractivity (Wildman–Crippen MR) is 113 cm³/mol. The summed E-state index contributed by atoms with van der Waals surface area (Å²) in [5.74, 6) is 0.351.